The Morgan fingerprint density at radius 3 is 2.40 bits per heavy atom. The van der Waals surface area contributed by atoms with Crippen molar-refractivity contribution in [1.29, 1.82) is 0 Å². The van der Waals surface area contributed by atoms with E-state index < -0.39 is 0 Å². The first kappa shape index (κ1) is 13.6. The van der Waals surface area contributed by atoms with Crippen molar-refractivity contribution in [2.45, 2.75) is 37.9 Å². The summed E-state index contributed by atoms with van der Waals surface area (Å²) in [6.07, 6.45) is 6.92. The lowest BCUT2D eigenvalue weighted by Crippen LogP contribution is -2.21. The van der Waals surface area contributed by atoms with Crippen molar-refractivity contribution in [3.05, 3.63) is 12.3 Å². The zero-order valence-electron chi connectivity index (χ0n) is 11.7. The topological polar surface area (TPSA) is 68.3 Å². The van der Waals surface area contributed by atoms with E-state index in [0.717, 1.165) is 57.8 Å². The van der Waals surface area contributed by atoms with Gasteiger partial charge in [-0.2, -0.15) is 4.98 Å². The number of ether oxygens (including phenoxy) is 2. The highest BCUT2D eigenvalue weighted by Gasteiger charge is 2.16. The first-order valence-electron chi connectivity index (χ1n) is 7.44. The second-order valence-corrected chi connectivity index (χ2v) is 5.30. The normalized spacial score (nSPS) is 25.8. The molecule has 6 heteroatoms. The highest BCUT2D eigenvalue weighted by atomic mass is 16.5. The van der Waals surface area contributed by atoms with Gasteiger partial charge in [0.05, 0.1) is 12.2 Å². The second kappa shape index (κ2) is 6.85. The van der Waals surface area contributed by atoms with Crippen LogP contribution in [-0.2, 0) is 9.47 Å². The van der Waals surface area contributed by atoms with Crippen LogP contribution in [0.2, 0.25) is 0 Å². The molecule has 110 valence electrons. The lowest BCUT2D eigenvalue weighted by atomic mass is 10.2. The average molecular weight is 278 g/mol. The van der Waals surface area contributed by atoms with Gasteiger partial charge in [-0.05, 0) is 31.7 Å². The molecule has 1 aromatic rings. The molecule has 20 heavy (non-hydrogen) atoms. The molecule has 0 saturated carbocycles. The molecule has 0 spiro atoms. The highest BCUT2D eigenvalue weighted by molar-refractivity contribution is 5.39. The van der Waals surface area contributed by atoms with Crippen molar-refractivity contribution >= 4 is 11.8 Å². The van der Waals surface area contributed by atoms with Crippen LogP contribution in [0.4, 0.5) is 11.8 Å². The number of aromatic nitrogens is 2. The molecule has 2 saturated heterocycles. The molecule has 2 aliphatic heterocycles. The van der Waals surface area contributed by atoms with Crippen molar-refractivity contribution in [3.63, 3.8) is 0 Å². The van der Waals surface area contributed by atoms with Crippen LogP contribution in [0.3, 0.4) is 0 Å². The van der Waals surface area contributed by atoms with Gasteiger partial charge in [-0.1, -0.05) is 0 Å². The molecule has 2 atom stereocenters. The monoisotopic (exact) mass is 278 g/mol. The third-order valence-electron chi connectivity index (χ3n) is 3.70. The molecule has 2 aliphatic rings. The minimum absolute atomic E-state index is 0.294. The first-order valence-corrected chi connectivity index (χ1v) is 7.44. The number of nitrogens with zero attached hydrogens (tertiary/aromatic N) is 2. The van der Waals surface area contributed by atoms with Crippen molar-refractivity contribution in [2.75, 3.05) is 36.9 Å². The van der Waals surface area contributed by atoms with Gasteiger partial charge in [0.25, 0.3) is 0 Å². The third-order valence-corrected chi connectivity index (χ3v) is 3.70. The summed E-state index contributed by atoms with van der Waals surface area (Å²) < 4.78 is 11.2. The van der Waals surface area contributed by atoms with Crippen LogP contribution in [-0.4, -0.2) is 48.5 Å². The Morgan fingerprint density at radius 1 is 1.05 bits per heavy atom. The molecule has 0 bridgehead atoms. The molecule has 3 heterocycles. The predicted molar refractivity (Wildman–Crippen MR) is 77.0 cm³/mol. The second-order valence-electron chi connectivity index (χ2n) is 5.30. The molecule has 6 nitrogen and oxygen atoms in total. The summed E-state index contributed by atoms with van der Waals surface area (Å²) in [5.74, 6) is 1.49. The van der Waals surface area contributed by atoms with Gasteiger partial charge in [0, 0.05) is 32.5 Å². The molecule has 1 aromatic heterocycles. The van der Waals surface area contributed by atoms with E-state index in [1.807, 2.05) is 6.07 Å². The van der Waals surface area contributed by atoms with E-state index >= 15 is 0 Å². The van der Waals surface area contributed by atoms with Gasteiger partial charge >= 0.3 is 0 Å². The maximum absolute atomic E-state index is 5.58. The molecule has 0 amide bonds. The molecule has 2 fully saturated rings. The molecule has 0 aromatic carbocycles. The molecule has 2 unspecified atom stereocenters. The van der Waals surface area contributed by atoms with Crippen LogP contribution in [0.25, 0.3) is 0 Å². The van der Waals surface area contributed by atoms with Crippen LogP contribution in [0.1, 0.15) is 25.7 Å². The van der Waals surface area contributed by atoms with E-state index in [0.29, 0.717) is 18.2 Å². The van der Waals surface area contributed by atoms with E-state index in [4.69, 9.17) is 9.47 Å². The van der Waals surface area contributed by atoms with Crippen molar-refractivity contribution in [1.82, 2.24) is 9.97 Å². The van der Waals surface area contributed by atoms with Crippen molar-refractivity contribution in [2.24, 2.45) is 0 Å². The van der Waals surface area contributed by atoms with Crippen LogP contribution < -0.4 is 10.6 Å². The van der Waals surface area contributed by atoms with E-state index in [-0.39, 0.29) is 0 Å². The minimum atomic E-state index is 0.294. The lowest BCUT2D eigenvalue weighted by Gasteiger charge is -2.13. The molecule has 0 radical (unpaired) electrons. The van der Waals surface area contributed by atoms with Crippen LogP contribution in [0, 0.1) is 0 Å². The maximum atomic E-state index is 5.58. The summed E-state index contributed by atoms with van der Waals surface area (Å²) >= 11 is 0. The molecular formula is C14H22N4O2. The van der Waals surface area contributed by atoms with Crippen molar-refractivity contribution < 1.29 is 9.47 Å². The molecule has 0 aliphatic carbocycles. The van der Waals surface area contributed by atoms with E-state index in [9.17, 15) is 0 Å². The largest absolute Gasteiger partial charge is 0.376 e. The van der Waals surface area contributed by atoms with Gasteiger partial charge in [-0.3, -0.25) is 0 Å². The van der Waals surface area contributed by atoms with Gasteiger partial charge in [0.1, 0.15) is 5.82 Å². The van der Waals surface area contributed by atoms with Crippen LogP contribution in [0.15, 0.2) is 12.3 Å². The Bertz CT molecular complexity index is 382. The first-order chi connectivity index (χ1) is 9.90. The molecule has 2 N–H and O–H groups in total. The fourth-order valence-corrected chi connectivity index (χ4v) is 2.58. The number of anilines is 2. The average Bonchev–Trinajstić information content (AvgIpc) is 3.17. The third kappa shape index (κ3) is 3.80. The Hall–Kier alpha value is -1.40. The SMILES string of the molecule is c1cc(NCC2CCCO2)nc(NCC2CCCO2)n1. The Morgan fingerprint density at radius 2 is 1.75 bits per heavy atom. The Kier molecular flexibility index (Phi) is 4.65. The van der Waals surface area contributed by atoms with E-state index in [1.54, 1.807) is 6.20 Å². The smallest absolute Gasteiger partial charge is 0.224 e. The van der Waals surface area contributed by atoms with Crippen LogP contribution >= 0.6 is 0 Å². The summed E-state index contributed by atoms with van der Waals surface area (Å²) in [5, 5.41) is 6.54. The van der Waals surface area contributed by atoms with E-state index in [2.05, 4.69) is 20.6 Å². The standard InChI is InChI=1S/C14H22N4O2/c1-3-11(19-7-1)9-16-13-5-6-15-14(18-13)17-10-12-4-2-8-20-12/h5-6,11-12H,1-4,7-10H2,(H2,15,16,17,18). The Labute approximate surface area is 119 Å². The van der Waals surface area contributed by atoms with Crippen molar-refractivity contribution in [3.8, 4) is 0 Å². The minimum Gasteiger partial charge on any atom is -0.376 e. The highest BCUT2D eigenvalue weighted by Crippen LogP contribution is 2.14. The van der Waals surface area contributed by atoms with Gasteiger partial charge in [0.2, 0.25) is 5.95 Å². The van der Waals surface area contributed by atoms with Gasteiger partial charge in [-0.15, -0.1) is 0 Å². The molecule has 3 rings (SSSR count). The summed E-state index contributed by atoms with van der Waals surface area (Å²) in [5.41, 5.74) is 0. The number of hydrogen-bond donors (Lipinski definition) is 2. The maximum Gasteiger partial charge on any atom is 0.224 e. The fourth-order valence-electron chi connectivity index (χ4n) is 2.58. The van der Waals surface area contributed by atoms with E-state index in [1.165, 1.54) is 0 Å². The molecular weight excluding hydrogens is 256 g/mol. The number of rotatable bonds is 6. The number of nitrogens with one attached hydrogen (secondary N) is 2. The number of hydrogen-bond acceptors (Lipinski definition) is 6. The summed E-state index contributed by atoms with van der Waals surface area (Å²) in [6, 6.07) is 1.88. The summed E-state index contributed by atoms with van der Waals surface area (Å²) in [6.45, 7) is 3.33. The Balaban J connectivity index is 1.46. The lowest BCUT2D eigenvalue weighted by molar-refractivity contribution is 0.120. The fraction of sp³-hybridized carbons (Fsp3) is 0.714. The quantitative estimate of drug-likeness (QED) is 0.825. The van der Waals surface area contributed by atoms with Gasteiger partial charge in [-0.25, -0.2) is 4.98 Å². The predicted octanol–water partition coefficient (Wildman–Crippen LogP) is 1.66. The van der Waals surface area contributed by atoms with Gasteiger partial charge in [0.15, 0.2) is 0 Å². The summed E-state index contributed by atoms with van der Waals surface area (Å²) in [7, 11) is 0. The van der Waals surface area contributed by atoms with Gasteiger partial charge < -0.3 is 20.1 Å². The zero-order valence-corrected chi connectivity index (χ0v) is 11.7. The zero-order chi connectivity index (χ0) is 13.6. The summed E-state index contributed by atoms with van der Waals surface area (Å²) in [4.78, 5) is 8.68. The van der Waals surface area contributed by atoms with Crippen LogP contribution in [0.5, 0.6) is 0 Å².